The van der Waals surface area contributed by atoms with Crippen LogP contribution in [0.1, 0.15) is 11.1 Å². The van der Waals surface area contributed by atoms with Gasteiger partial charge in [0.2, 0.25) is 0 Å². The fourth-order valence-corrected chi connectivity index (χ4v) is 2.93. The summed E-state index contributed by atoms with van der Waals surface area (Å²) in [6, 6.07) is 5.94. The maximum absolute atomic E-state index is 11.4. The molecule has 0 saturated carbocycles. The number of benzene rings is 1. The molecule has 0 radical (unpaired) electrons. The van der Waals surface area contributed by atoms with E-state index in [1.165, 1.54) is 11.8 Å². The largest absolute Gasteiger partial charge is 0.611 e. The Labute approximate surface area is 104 Å². The first-order valence-corrected chi connectivity index (χ1v) is 7.61. The lowest BCUT2D eigenvalue weighted by atomic mass is 10.1. The predicted molar refractivity (Wildman–Crippen MR) is 73.3 cm³/mol. The van der Waals surface area contributed by atoms with E-state index in [4.69, 9.17) is 4.74 Å². The number of ether oxygens (including phenoxy) is 1. The van der Waals surface area contributed by atoms with E-state index in [1.807, 2.05) is 37.5 Å². The number of hydrogen-bond donors (Lipinski definition) is 0. The molecule has 1 aromatic carbocycles. The number of hydrogen-bond acceptors (Lipinski definition) is 3. The normalized spacial score (nSPS) is 13.7. The molecule has 0 aliphatic heterocycles. The molecule has 0 amide bonds. The summed E-state index contributed by atoms with van der Waals surface area (Å²) in [6.07, 6.45) is 5.53. The van der Waals surface area contributed by atoms with E-state index in [-0.39, 0.29) is 0 Å². The first-order chi connectivity index (χ1) is 7.60. The van der Waals surface area contributed by atoms with Crippen LogP contribution < -0.4 is 4.74 Å². The predicted octanol–water partition coefficient (Wildman–Crippen LogP) is 3.04. The standard InChI is InChI=1S/C12H16O2S2/c1-9-6-5-7-10(12(9)14-2)8-11(15-3)16(4)13/h5-8H,1-4H3/b11-8+. The van der Waals surface area contributed by atoms with Gasteiger partial charge in [0, 0.05) is 11.6 Å². The first-order valence-electron chi connectivity index (χ1n) is 4.83. The van der Waals surface area contributed by atoms with Crippen LogP contribution in [0.4, 0.5) is 0 Å². The van der Waals surface area contributed by atoms with Gasteiger partial charge < -0.3 is 9.29 Å². The summed E-state index contributed by atoms with van der Waals surface area (Å²) in [5.41, 5.74) is 2.06. The fraction of sp³-hybridized carbons (Fsp3) is 0.333. The molecule has 0 N–H and O–H groups in total. The van der Waals surface area contributed by atoms with E-state index in [0.717, 1.165) is 21.1 Å². The maximum atomic E-state index is 11.4. The van der Waals surface area contributed by atoms with Crippen LogP contribution in [0.15, 0.2) is 22.4 Å². The summed E-state index contributed by atoms with van der Waals surface area (Å²) in [7, 11) is 1.65. The van der Waals surface area contributed by atoms with Gasteiger partial charge in [-0.25, -0.2) is 0 Å². The van der Waals surface area contributed by atoms with Gasteiger partial charge in [0.15, 0.2) is 4.24 Å². The third kappa shape index (κ3) is 3.20. The Bertz CT molecular complexity index is 387. The molecule has 0 aliphatic carbocycles. The van der Waals surface area contributed by atoms with Crippen LogP contribution in [0.5, 0.6) is 5.75 Å². The van der Waals surface area contributed by atoms with E-state index >= 15 is 0 Å². The van der Waals surface area contributed by atoms with E-state index in [1.54, 1.807) is 13.4 Å². The molecule has 1 aromatic rings. The topological polar surface area (TPSA) is 32.3 Å². The van der Waals surface area contributed by atoms with E-state index in [9.17, 15) is 4.55 Å². The van der Waals surface area contributed by atoms with Gasteiger partial charge in [0.25, 0.3) is 0 Å². The summed E-state index contributed by atoms with van der Waals surface area (Å²) in [5, 5.41) is 0. The Balaban J connectivity index is 3.18. The molecule has 0 aliphatic rings. The van der Waals surface area contributed by atoms with Gasteiger partial charge in [-0.1, -0.05) is 30.0 Å². The fourth-order valence-electron chi connectivity index (χ4n) is 1.45. The molecular formula is C12H16O2S2. The van der Waals surface area contributed by atoms with Crippen LogP contribution in [0.3, 0.4) is 0 Å². The van der Waals surface area contributed by atoms with Crippen LogP contribution in [0.25, 0.3) is 6.08 Å². The van der Waals surface area contributed by atoms with Gasteiger partial charge >= 0.3 is 0 Å². The molecule has 0 bridgehead atoms. The number of methoxy groups -OCH3 is 1. The highest BCUT2D eigenvalue weighted by Crippen LogP contribution is 2.29. The summed E-state index contributed by atoms with van der Waals surface area (Å²) in [4.78, 5) is 0. The Kier molecular flexibility index (Phi) is 5.25. The van der Waals surface area contributed by atoms with Crippen molar-refractivity contribution in [3.05, 3.63) is 33.6 Å². The van der Waals surface area contributed by atoms with Crippen LogP contribution in [0.2, 0.25) is 0 Å². The van der Waals surface area contributed by atoms with E-state index in [0.29, 0.717) is 0 Å². The van der Waals surface area contributed by atoms with Crippen LogP contribution >= 0.6 is 11.8 Å². The second-order valence-corrected chi connectivity index (χ2v) is 5.77. The molecule has 16 heavy (non-hydrogen) atoms. The van der Waals surface area contributed by atoms with Crippen molar-refractivity contribution in [3.63, 3.8) is 0 Å². The second kappa shape index (κ2) is 6.23. The molecular weight excluding hydrogens is 240 g/mol. The number of para-hydroxylation sites is 1. The van der Waals surface area contributed by atoms with Gasteiger partial charge in [-0.2, -0.15) is 0 Å². The molecule has 0 saturated heterocycles. The number of rotatable bonds is 4. The Morgan fingerprint density at radius 1 is 1.50 bits per heavy atom. The minimum absolute atomic E-state index is 0.847. The summed E-state index contributed by atoms with van der Waals surface area (Å²) < 4.78 is 17.6. The van der Waals surface area contributed by atoms with Crippen molar-refractivity contribution in [2.45, 2.75) is 6.92 Å². The van der Waals surface area contributed by atoms with Gasteiger partial charge in [0.1, 0.15) is 12.0 Å². The minimum atomic E-state index is -0.952. The van der Waals surface area contributed by atoms with Crippen LogP contribution in [-0.2, 0) is 11.2 Å². The molecule has 1 unspecified atom stereocenters. The zero-order valence-corrected chi connectivity index (χ0v) is 11.6. The molecule has 0 spiro atoms. The Morgan fingerprint density at radius 2 is 2.19 bits per heavy atom. The first kappa shape index (κ1) is 13.5. The zero-order chi connectivity index (χ0) is 12.1. The van der Waals surface area contributed by atoms with Crippen molar-refractivity contribution >= 4 is 29.0 Å². The minimum Gasteiger partial charge on any atom is -0.611 e. The smallest absolute Gasteiger partial charge is 0.186 e. The van der Waals surface area contributed by atoms with Gasteiger partial charge in [-0.15, -0.1) is 0 Å². The second-order valence-electron chi connectivity index (χ2n) is 3.32. The molecule has 0 heterocycles. The van der Waals surface area contributed by atoms with Gasteiger partial charge in [0.05, 0.1) is 7.11 Å². The quantitative estimate of drug-likeness (QED) is 0.776. The van der Waals surface area contributed by atoms with Crippen LogP contribution in [0, 0.1) is 6.92 Å². The summed E-state index contributed by atoms with van der Waals surface area (Å²) in [6.45, 7) is 2.00. The Morgan fingerprint density at radius 3 is 2.69 bits per heavy atom. The molecule has 0 aromatic heterocycles. The highest BCUT2D eigenvalue weighted by atomic mass is 32.3. The number of aryl methyl sites for hydroxylation is 1. The summed E-state index contributed by atoms with van der Waals surface area (Å²) in [5.74, 6) is 0.847. The average molecular weight is 256 g/mol. The lowest BCUT2D eigenvalue weighted by molar-refractivity contribution is 0.411. The van der Waals surface area contributed by atoms with Gasteiger partial charge in [-0.05, 0) is 29.9 Å². The van der Waals surface area contributed by atoms with Crippen molar-refractivity contribution in [2.75, 3.05) is 19.6 Å². The monoisotopic (exact) mass is 256 g/mol. The third-order valence-electron chi connectivity index (χ3n) is 2.20. The van der Waals surface area contributed by atoms with E-state index < -0.39 is 11.2 Å². The SMILES string of the molecule is COc1c(C)cccc1/C=C(\SC)[S+](C)[O-]. The lowest BCUT2D eigenvalue weighted by Crippen LogP contribution is -1.98. The van der Waals surface area contributed by atoms with Crippen molar-refractivity contribution < 1.29 is 9.29 Å². The maximum Gasteiger partial charge on any atom is 0.186 e. The molecule has 1 atom stereocenters. The number of thioether (sulfide) groups is 1. The van der Waals surface area contributed by atoms with Crippen molar-refractivity contribution in [1.29, 1.82) is 0 Å². The van der Waals surface area contributed by atoms with Gasteiger partial charge in [-0.3, -0.25) is 0 Å². The average Bonchev–Trinajstić information content (AvgIpc) is 2.25. The lowest BCUT2D eigenvalue weighted by Gasteiger charge is -2.10. The van der Waals surface area contributed by atoms with Crippen LogP contribution in [-0.4, -0.2) is 24.2 Å². The van der Waals surface area contributed by atoms with Crippen molar-refractivity contribution in [1.82, 2.24) is 0 Å². The Hall–Kier alpha value is -0.580. The highest BCUT2D eigenvalue weighted by Gasteiger charge is 2.10. The highest BCUT2D eigenvalue weighted by molar-refractivity contribution is 8.18. The van der Waals surface area contributed by atoms with E-state index in [2.05, 4.69) is 0 Å². The van der Waals surface area contributed by atoms with Crippen molar-refractivity contribution in [3.8, 4) is 5.75 Å². The third-order valence-corrected chi connectivity index (χ3v) is 4.61. The zero-order valence-electron chi connectivity index (χ0n) is 9.94. The molecule has 4 heteroatoms. The molecule has 1 rings (SSSR count). The summed E-state index contributed by atoms with van der Waals surface area (Å²) >= 11 is 0.551. The molecule has 0 fully saturated rings. The molecule has 88 valence electrons. The molecule has 2 nitrogen and oxygen atoms in total. The van der Waals surface area contributed by atoms with Crippen molar-refractivity contribution in [2.24, 2.45) is 0 Å².